The van der Waals surface area contributed by atoms with Gasteiger partial charge >= 0.3 is 5.97 Å². The smallest absolute Gasteiger partial charge is 0.326 e. The zero-order valence-corrected chi connectivity index (χ0v) is 20.7. The SMILES string of the molecule is O=C(O)C(Cc1ccc2c(c1)CCN2C(=O)C1(Cl)C=CN=CC1Cl)NC1=CC(=O)C12CCCCC2. The monoisotopic (exact) mass is 515 g/mol. The molecule has 5 rings (SSSR count). The molecule has 1 aromatic rings. The molecule has 7 nitrogen and oxygen atoms in total. The molecule has 4 aliphatic rings. The number of allylic oxidation sites excluding steroid dienone is 2. The molecule has 3 unspecified atom stereocenters. The maximum Gasteiger partial charge on any atom is 0.326 e. The summed E-state index contributed by atoms with van der Waals surface area (Å²) in [5.41, 5.74) is 2.82. The molecule has 2 heterocycles. The van der Waals surface area contributed by atoms with Gasteiger partial charge in [0.1, 0.15) is 11.4 Å². The van der Waals surface area contributed by atoms with Gasteiger partial charge in [0.05, 0.1) is 5.41 Å². The Morgan fingerprint density at radius 2 is 2.03 bits per heavy atom. The second-order valence-corrected chi connectivity index (χ2v) is 10.9. The fourth-order valence-electron chi connectivity index (χ4n) is 5.60. The minimum absolute atomic E-state index is 0.112. The summed E-state index contributed by atoms with van der Waals surface area (Å²) in [5, 5.41) is 12.3. The summed E-state index contributed by atoms with van der Waals surface area (Å²) in [6.45, 7) is 0.471. The largest absolute Gasteiger partial charge is 0.480 e. The van der Waals surface area contributed by atoms with Crippen LogP contribution < -0.4 is 10.2 Å². The van der Waals surface area contributed by atoms with E-state index in [0.717, 1.165) is 54.6 Å². The van der Waals surface area contributed by atoms with Crippen LogP contribution in [0.2, 0.25) is 0 Å². The van der Waals surface area contributed by atoms with Gasteiger partial charge in [0.15, 0.2) is 10.7 Å². The molecule has 0 saturated heterocycles. The molecule has 0 bridgehead atoms. The highest BCUT2D eigenvalue weighted by Crippen LogP contribution is 2.48. The summed E-state index contributed by atoms with van der Waals surface area (Å²) in [6.07, 6.45) is 11.6. The van der Waals surface area contributed by atoms with E-state index in [2.05, 4.69) is 10.3 Å². The third-order valence-corrected chi connectivity index (χ3v) is 8.76. The van der Waals surface area contributed by atoms with Crippen molar-refractivity contribution in [2.45, 2.75) is 61.2 Å². The van der Waals surface area contributed by atoms with Crippen molar-refractivity contribution in [3.05, 3.63) is 53.4 Å². The number of carboxylic acids is 1. The number of hydrogen-bond donors (Lipinski definition) is 2. The number of rotatable bonds is 6. The number of carbonyl (C=O) groups excluding carboxylic acids is 2. The van der Waals surface area contributed by atoms with Crippen molar-refractivity contribution in [3.63, 3.8) is 0 Å². The average molecular weight is 516 g/mol. The van der Waals surface area contributed by atoms with Crippen LogP contribution in [0.25, 0.3) is 0 Å². The maximum atomic E-state index is 13.3. The number of hydrogen-bond acceptors (Lipinski definition) is 5. The number of anilines is 1. The molecule has 1 aromatic carbocycles. The fraction of sp³-hybridized carbons (Fsp3) is 0.462. The molecule has 2 N–H and O–H groups in total. The van der Waals surface area contributed by atoms with Crippen molar-refractivity contribution < 1.29 is 19.5 Å². The molecule has 9 heteroatoms. The van der Waals surface area contributed by atoms with Gasteiger partial charge < -0.3 is 15.3 Å². The number of carboxylic acid groups (broad SMARTS) is 1. The Hall–Kier alpha value is -2.64. The Kier molecular flexibility index (Phi) is 6.26. The number of aliphatic imine (C=N–C) groups is 1. The fourth-order valence-corrected chi connectivity index (χ4v) is 6.05. The van der Waals surface area contributed by atoms with Gasteiger partial charge in [-0.1, -0.05) is 31.4 Å². The second-order valence-electron chi connectivity index (χ2n) is 9.76. The Morgan fingerprint density at radius 3 is 2.71 bits per heavy atom. The Morgan fingerprint density at radius 1 is 1.26 bits per heavy atom. The summed E-state index contributed by atoms with van der Waals surface area (Å²) >= 11 is 12.9. The van der Waals surface area contributed by atoms with Gasteiger partial charge in [-0.25, -0.2) is 4.79 Å². The van der Waals surface area contributed by atoms with Crippen LogP contribution in [0.5, 0.6) is 0 Å². The summed E-state index contributed by atoms with van der Waals surface area (Å²) < 4.78 is 0. The van der Waals surface area contributed by atoms with E-state index in [-0.39, 0.29) is 18.1 Å². The highest BCUT2D eigenvalue weighted by atomic mass is 35.5. The van der Waals surface area contributed by atoms with Crippen LogP contribution in [-0.2, 0) is 27.2 Å². The van der Waals surface area contributed by atoms with E-state index in [1.807, 2.05) is 18.2 Å². The quantitative estimate of drug-likeness (QED) is 0.561. The lowest BCUT2D eigenvalue weighted by Gasteiger charge is -2.44. The van der Waals surface area contributed by atoms with E-state index in [4.69, 9.17) is 23.2 Å². The van der Waals surface area contributed by atoms with Crippen molar-refractivity contribution in [1.29, 1.82) is 0 Å². The number of benzene rings is 1. The standard InChI is InChI=1S/C26H27Cl2N3O4/c27-20-15-29-10-9-26(20,28)24(35)31-11-6-17-12-16(4-5-19(17)31)13-18(23(33)34)30-21-14-22(32)25(21)7-2-1-3-8-25/h4-5,9-10,12,14-15,18,20,30H,1-3,6-8,11,13H2,(H,33,34). The molecule has 0 radical (unpaired) electrons. The molecule has 1 saturated carbocycles. The highest BCUT2D eigenvalue weighted by molar-refractivity contribution is 6.47. The van der Waals surface area contributed by atoms with E-state index in [1.165, 1.54) is 18.5 Å². The summed E-state index contributed by atoms with van der Waals surface area (Å²) in [6, 6.07) is 4.79. The zero-order valence-electron chi connectivity index (χ0n) is 19.2. The zero-order chi connectivity index (χ0) is 24.8. The third kappa shape index (κ3) is 4.08. The number of amides is 1. The molecule has 1 spiro atoms. The van der Waals surface area contributed by atoms with Crippen LogP contribution in [0.1, 0.15) is 43.2 Å². The predicted octanol–water partition coefficient (Wildman–Crippen LogP) is 3.76. The number of halogens is 2. The van der Waals surface area contributed by atoms with Crippen LogP contribution in [0.4, 0.5) is 5.69 Å². The van der Waals surface area contributed by atoms with E-state index >= 15 is 0 Å². The number of ketones is 1. The lowest BCUT2D eigenvalue weighted by molar-refractivity contribution is -0.140. The van der Waals surface area contributed by atoms with E-state index in [1.54, 1.807) is 11.0 Å². The predicted molar refractivity (Wildman–Crippen MR) is 135 cm³/mol. The molecule has 2 aliphatic carbocycles. The molecule has 1 fully saturated rings. The molecule has 0 aromatic heterocycles. The molecular weight excluding hydrogens is 489 g/mol. The normalized spacial score (nSPS) is 27.3. The van der Waals surface area contributed by atoms with Gasteiger partial charge in [-0.05, 0) is 42.5 Å². The first-order valence-electron chi connectivity index (χ1n) is 12.0. The molecular formula is C26H27Cl2N3O4. The first kappa shape index (κ1) is 24.1. The Balaban J connectivity index is 1.31. The van der Waals surface area contributed by atoms with E-state index < -0.39 is 27.7 Å². The summed E-state index contributed by atoms with van der Waals surface area (Å²) in [4.78, 5) is 41.9. The lowest BCUT2D eigenvalue weighted by Crippen LogP contribution is -2.51. The molecule has 184 valence electrons. The molecule has 3 atom stereocenters. The van der Waals surface area contributed by atoms with Crippen LogP contribution in [0, 0.1) is 5.41 Å². The minimum atomic E-state index is -1.40. The lowest BCUT2D eigenvalue weighted by atomic mass is 9.62. The van der Waals surface area contributed by atoms with E-state index in [0.29, 0.717) is 13.0 Å². The Labute approximate surface area is 213 Å². The first-order valence-corrected chi connectivity index (χ1v) is 12.8. The van der Waals surface area contributed by atoms with Gasteiger partial charge in [-0.3, -0.25) is 14.6 Å². The van der Waals surface area contributed by atoms with Crippen LogP contribution >= 0.6 is 23.2 Å². The summed E-state index contributed by atoms with van der Waals surface area (Å²) in [7, 11) is 0. The van der Waals surface area contributed by atoms with Crippen molar-refractivity contribution in [1.82, 2.24) is 5.32 Å². The van der Waals surface area contributed by atoms with Crippen LogP contribution in [0.3, 0.4) is 0 Å². The van der Waals surface area contributed by atoms with Gasteiger partial charge in [0, 0.05) is 42.8 Å². The summed E-state index contributed by atoms with van der Waals surface area (Å²) in [5.74, 6) is -1.16. The number of aliphatic carboxylic acids is 1. The van der Waals surface area contributed by atoms with Gasteiger partial charge in [0.2, 0.25) is 0 Å². The van der Waals surface area contributed by atoms with Crippen molar-refractivity contribution >= 4 is 52.8 Å². The van der Waals surface area contributed by atoms with Gasteiger partial charge in [-0.2, -0.15) is 0 Å². The number of alkyl halides is 2. The number of carbonyl (C=O) groups is 3. The number of nitrogens with zero attached hydrogens (tertiary/aromatic N) is 2. The average Bonchev–Trinajstić information content (AvgIpc) is 3.28. The van der Waals surface area contributed by atoms with Crippen molar-refractivity contribution in [2.75, 3.05) is 11.4 Å². The maximum absolute atomic E-state index is 13.3. The number of fused-ring (bicyclic) bond motifs is 1. The topological polar surface area (TPSA) is 99.1 Å². The second kappa shape index (κ2) is 9.10. The molecule has 1 amide bonds. The Bertz CT molecular complexity index is 1170. The first-order chi connectivity index (χ1) is 16.7. The number of nitrogens with one attached hydrogen (secondary N) is 1. The van der Waals surface area contributed by atoms with E-state index in [9.17, 15) is 19.5 Å². The van der Waals surface area contributed by atoms with Gasteiger partial charge in [-0.15, -0.1) is 23.2 Å². The minimum Gasteiger partial charge on any atom is -0.480 e. The molecule has 35 heavy (non-hydrogen) atoms. The van der Waals surface area contributed by atoms with Crippen LogP contribution in [0.15, 0.2) is 47.2 Å². The third-order valence-electron chi connectivity index (χ3n) is 7.67. The van der Waals surface area contributed by atoms with Crippen molar-refractivity contribution in [3.8, 4) is 0 Å². The van der Waals surface area contributed by atoms with Crippen molar-refractivity contribution in [2.24, 2.45) is 10.4 Å². The highest BCUT2D eigenvalue weighted by Gasteiger charge is 2.49. The van der Waals surface area contributed by atoms with Gasteiger partial charge in [0.25, 0.3) is 5.91 Å². The van der Waals surface area contributed by atoms with Crippen LogP contribution in [-0.4, -0.2) is 51.8 Å². The molecule has 2 aliphatic heterocycles.